The average Bonchev–Trinajstić information content (AvgIpc) is 2.67. The highest BCUT2D eigenvalue weighted by Gasteiger charge is 2.24. The molecular weight excluding hydrogens is 328 g/mol. The van der Waals surface area contributed by atoms with E-state index in [0.29, 0.717) is 5.92 Å². The number of aryl methyl sites for hydroxylation is 1. The third-order valence-electron chi connectivity index (χ3n) is 5.34. The smallest absolute Gasteiger partial charge is 0.246 e. The fraction of sp³-hybridized carbons (Fsp3) is 0.571. The molecule has 3 rings (SSSR count). The topological polar surface area (TPSA) is 42.0 Å². The first-order valence-corrected chi connectivity index (χ1v) is 9.57. The summed E-state index contributed by atoms with van der Waals surface area (Å²) in [5.41, 5.74) is 2.10. The molecule has 2 heterocycles. The van der Waals surface area contributed by atoms with Crippen LogP contribution in [0, 0.1) is 12.8 Å². The van der Waals surface area contributed by atoms with Crippen LogP contribution < -0.4 is 4.74 Å². The minimum Gasteiger partial charge on any atom is -0.496 e. The normalized spacial score (nSPS) is 19.8. The van der Waals surface area contributed by atoms with Crippen molar-refractivity contribution in [3.63, 3.8) is 0 Å². The molecule has 1 amide bonds. The summed E-state index contributed by atoms with van der Waals surface area (Å²) in [6.07, 6.45) is 5.73. The van der Waals surface area contributed by atoms with Gasteiger partial charge < -0.3 is 14.4 Å². The van der Waals surface area contributed by atoms with Crippen LogP contribution in [0.1, 0.15) is 24.0 Å². The largest absolute Gasteiger partial charge is 0.496 e. The van der Waals surface area contributed by atoms with E-state index >= 15 is 0 Å². The lowest BCUT2D eigenvalue weighted by atomic mass is 9.96. The molecule has 0 spiro atoms. The highest BCUT2D eigenvalue weighted by molar-refractivity contribution is 5.92. The first kappa shape index (κ1) is 18.9. The van der Waals surface area contributed by atoms with Gasteiger partial charge in [-0.2, -0.15) is 0 Å². The van der Waals surface area contributed by atoms with Gasteiger partial charge in [-0.05, 0) is 43.9 Å². The SMILES string of the molecule is COc1ccc(C)cc1C=CC(=O)N1CCC(CN2CCOCC2)CC1. The second kappa shape index (κ2) is 9.19. The highest BCUT2D eigenvalue weighted by Crippen LogP contribution is 2.22. The third kappa shape index (κ3) is 5.08. The molecule has 5 heteroatoms. The van der Waals surface area contributed by atoms with Crippen molar-refractivity contribution in [2.45, 2.75) is 19.8 Å². The van der Waals surface area contributed by atoms with E-state index in [1.807, 2.05) is 36.1 Å². The number of amides is 1. The van der Waals surface area contributed by atoms with Gasteiger partial charge in [0.05, 0.1) is 20.3 Å². The molecule has 2 fully saturated rings. The maximum atomic E-state index is 12.5. The van der Waals surface area contributed by atoms with Crippen LogP contribution >= 0.6 is 0 Å². The molecule has 1 aromatic rings. The predicted octanol–water partition coefficient (Wildman–Crippen LogP) is 2.59. The highest BCUT2D eigenvalue weighted by atomic mass is 16.5. The van der Waals surface area contributed by atoms with E-state index in [4.69, 9.17) is 9.47 Å². The lowest BCUT2D eigenvalue weighted by molar-refractivity contribution is -0.127. The van der Waals surface area contributed by atoms with Gasteiger partial charge in [0.15, 0.2) is 0 Å². The van der Waals surface area contributed by atoms with Crippen LogP contribution in [0.5, 0.6) is 5.75 Å². The number of carbonyl (C=O) groups excluding carboxylic acids is 1. The summed E-state index contributed by atoms with van der Waals surface area (Å²) >= 11 is 0. The molecule has 1 aromatic carbocycles. The van der Waals surface area contributed by atoms with E-state index in [0.717, 1.165) is 75.7 Å². The Kier molecular flexibility index (Phi) is 6.69. The van der Waals surface area contributed by atoms with Crippen LogP contribution in [0.3, 0.4) is 0 Å². The Morgan fingerprint density at radius 1 is 1.23 bits per heavy atom. The van der Waals surface area contributed by atoms with Gasteiger partial charge in [-0.3, -0.25) is 9.69 Å². The van der Waals surface area contributed by atoms with Crippen molar-refractivity contribution in [1.82, 2.24) is 9.80 Å². The molecule has 2 aliphatic rings. The molecule has 2 saturated heterocycles. The van der Waals surface area contributed by atoms with E-state index in [1.165, 1.54) is 0 Å². The van der Waals surface area contributed by atoms with Gasteiger partial charge in [-0.15, -0.1) is 0 Å². The second-order valence-electron chi connectivity index (χ2n) is 7.26. The summed E-state index contributed by atoms with van der Waals surface area (Å²) < 4.78 is 10.8. The summed E-state index contributed by atoms with van der Waals surface area (Å²) in [5, 5.41) is 0. The van der Waals surface area contributed by atoms with Crippen molar-refractivity contribution < 1.29 is 14.3 Å². The Labute approximate surface area is 156 Å². The molecule has 0 radical (unpaired) electrons. The van der Waals surface area contributed by atoms with Gasteiger partial charge in [0.25, 0.3) is 0 Å². The number of hydrogen-bond acceptors (Lipinski definition) is 4. The summed E-state index contributed by atoms with van der Waals surface area (Å²) in [5.74, 6) is 1.58. The molecule has 5 nitrogen and oxygen atoms in total. The molecule has 142 valence electrons. The van der Waals surface area contributed by atoms with E-state index in [1.54, 1.807) is 13.2 Å². The van der Waals surface area contributed by atoms with E-state index in [2.05, 4.69) is 4.90 Å². The number of methoxy groups -OCH3 is 1. The van der Waals surface area contributed by atoms with Gasteiger partial charge in [-0.1, -0.05) is 11.6 Å². The Morgan fingerprint density at radius 2 is 1.96 bits per heavy atom. The van der Waals surface area contributed by atoms with Crippen molar-refractivity contribution >= 4 is 12.0 Å². The molecule has 2 aliphatic heterocycles. The number of rotatable bonds is 5. The third-order valence-corrected chi connectivity index (χ3v) is 5.34. The fourth-order valence-corrected chi connectivity index (χ4v) is 3.74. The maximum absolute atomic E-state index is 12.5. The van der Waals surface area contributed by atoms with Gasteiger partial charge in [0.1, 0.15) is 5.75 Å². The number of likely N-dealkylation sites (tertiary alicyclic amines) is 1. The van der Waals surface area contributed by atoms with E-state index in [-0.39, 0.29) is 5.91 Å². The van der Waals surface area contributed by atoms with Crippen molar-refractivity contribution in [1.29, 1.82) is 0 Å². The lowest BCUT2D eigenvalue weighted by Crippen LogP contribution is -2.43. The van der Waals surface area contributed by atoms with E-state index < -0.39 is 0 Å². The number of morpholine rings is 1. The summed E-state index contributed by atoms with van der Waals surface area (Å²) in [6.45, 7) is 8.67. The zero-order chi connectivity index (χ0) is 18.4. The number of ether oxygens (including phenoxy) is 2. The molecule has 0 bridgehead atoms. The number of hydrogen-bond donors (Lipinski definition) is 0. The number of benzene rings is 1. The van der Waals surface area contributed by atoms with Gasteiger partial charge in [-0.25, -0.2) is 0 Å². The molecule has 0 saturated carbocycles. The standard InChI is InChI=1S/C21H30N2O3/c1-17-3-5-20(25-2)19(15-17)4-6-21(24)23-9-7-18(8-10-23)16-22-11-13-26-14-12-22/h3-6,15,18H,7-14,16H2,1-2H3. The van der Waals surface area contributed by atoms with Crippen molar-refractivity contribution in [2.75, 3.05) is 53.0 Å². The molecule has 0 atom stereocenters. The zero-order valence-corrected chi connectivity index (χ0v) is 15.9. The Morgan fingerprint density at radius 3 is 2.65 bits per heavy atom. The second-order valence-corrected chi connectivity index (χ2v) is 7.26. The van der Waals surface area contributed by atoms with Gasteiger partial charge in [0, 0.05) is 44.4 Å². The monoisotopic (exact) mass is 358 g/mol. The molecule has 0 unspecified atom stereocenters. The van der Waals surface area contributed by atoms with Gasteiger partial charge >= 0.3 is 0 Å². The Balaban J connectivity index is 1.49. The van der Waals surface area contributed by atoms with Crippen molar-refractivity contribution in [3.05, 3.63) is 35.4 Å². The van der Waals surface area contributed by atoms with Gasteiger partial charge in [0.2, 0.25) is 5.91 Å². The van der Waals surface area contributed by atoms with Crippen LogP contribution in [-0.2, 0) is 9.53 Å². The molecule has 26 heavy (non-hydrogen) atoms. The van der Waals surface area contributed by atoms with Crippen LogP contribution in [0.2, 0.25) is 0 Å². The quantitative estimate of drug-likeness (QED) is 0.759. The minimum absolute atomic E-state index is 0.0957. The summed E-state index contributed by atoms with van der Waals surface area (Å²) in [6, 6.07) is 5.99. The maximum Gasteiger partial charge on any atom is 0.246 e. The number of piperidine rings is 1. The minimum atomic E-state index is 0.0957. The Bertz CT molecular complexity index is 630. The van der Waals surface area contributed by atoms with Crippen LogP contribution in [-0.4, -0.2) is 68.8 Å². The first-order valence-electron chi connectivity index (χ1n) is 9.57. The molecular formula is C21H30N2O3. The van der Waals surface area contributed by atoms with Crippen LogP contribution in [0.15, 0.2) is 24.3 Å². The summed E-state index contributed by atoms with van der Waals surface area (Å²) in [7, 11) is 1.66. The fourth-order valence-electron chi connectivity index (χ4n) is 3.74. The zero-order valence-electron chi connectivity index (χ0n) is 15.9. The molecule has 0 aliphatic carbocycles. The van der Waals surface area contributed by atoms with Crippen LogP contribution in [0.4, 0.5) is 0 Å². The van der Waals surface area contributed by atoms with Crippen molar-refractivity contribution in [3.8, 4) is 5.75 Å². The Hall–Kier alpha value is -1.85. The number of nitrogens with zero attached hydrogens (tertiary/aromatic N) is 2. The summed E-state index contributed by atoms with van der Waals surface area (Å²) in [4.78, 5) is 17.0. The first-order chi connectivity index (χ1) is 12.7. The van der Waals surface area contributed by atoms with E-state index in [9.17, 15) is 4.79 Å². The molecule has 0 N–H and O–H groups in total. The van der Waals surface area contributed by atoms with Crippen molar-refractivity contribution in [2.24, 2.45) is 5.92 Å². The lowest BCUT2D eigenvalue weighted by Gasteiger charge is -2.35. The predicted molar refractivity (Wildman–Crippen MR) is 103 cm³/mol. The average molecular weight is 358 g/mol. The number of carbonyl (C=O) groups is 1. The molecule has 0 aromatic heterocycles. The van der Waals surface area contributed by atoms with Crippen LogP contribution in [0.25, 0.3) is 6.08 Å².